The fraction of sp³-hybridized carbons (Fsp3) is 0.211. The van der Waals surface area contributed by atoms with Crippen LogP contribution in [0.15, 0.2) is 53.7 Å². The molecule has 140 valence electrons. The summed E-state index contributed by atoms with van der Waals surface area (Å²) in [4.78, 5) is 13.5. The van der Waals surface area contributed by atoms with Gasteiger partial charge in [-0.2, -0.15) is 0 Å². The molecule has 0 spiro atoms. The number of rotatable bonds is 6. The molecule has 0 aliphatic carbocycles. The summed E-state index contributed by atoms with van der Waals surface area (Å²) in [5, 5.41) is 8.99. The third-order valence-corrected chi connectivity index (χ3v) is 5.00. The van der Waals surface area contributed by atoms with E-state index in [1.54, 1.807) is 26.1 Å². The average molecular weight is 383 g/mol. The smallest absolute Gasteiger partial charge is 0.253 e. The zero-order valence-electron chi connectivity index (χ0n) is 15.4. The van der Waals surface area contributed by atoms with E-state index in [9.17, 15) is 4.79 Å². The Labute approximate surface area is 162 Å². The second kappa shape index (κ2) is 8.13. The van der Waals surface area contributed by atoms with Gasteiger partial charge < -0.3 is 15.5 Å². The molecule has 2 aromatic carbocycles. The number of amides is 1. The second-order valence-electron chi connectivity index (χ2n) is 6.06. The average Bonchev–Trinajstić information content (AvgIpc) is 3.06. The second-order valence-corrected chi connectivity index (χ2v) is 7.00. The summed E-state index contributed by atoms with van der Waals surface area (Å²) < 4.78 is 6.83. The van der Waals surface area contributed by atoms with Crippen molar-refractivity contribution in [2.24, 2.45) is 0 Å². The lowest BCUT2D eigenvalue weighted by molar-refractivity contribution is 0.0827. The van der Waals surface area contributed by atoms with E-state index in [1.165, 1.54) is 16.4 Å². The van der Waals surface area contributed by atoms with Gasteiger partial charge in [0.1, 0.15) is 5.75 Å². The predicted molar refractivity (Wildman–Crippen MR) is 106 cm³/mol. The van der Waals surface area contributed by atoms with Crippen LogP contribution in [0, 0.1) is 0 Å². The van der Waals surface area contributed by atoms with Crippen LogP contribution >= 0.6 is 11.8 Å². The normalized spacial score (nSPS) is 10.6. The summed E-state index contributed by atoms with van der Waals surface area (Å²) in [6, 6.07) is 15.0. The van der Waals surface area contributed by atoms with Crippen LogP contribution in [0.25, 0.3) is 11.4 Å². The minimum Gasteiger partial charge on any atom is -0.496 e. The summed E-state index contributed by atoms with van der Waals surface area (Å²) in [6.45, 7) is 0. The number of ether oxygens (including phenoxy) is 1. The molecule has 0 saturated carbocycles. The van der Waals surface area contributed by atoms with Crippen molar-refractivity contribution < 1.29 is 9.53 Å². The summed E-state index contributed by atoms with van der Waals surface area (Å²) in [6.07, 6.45) is 0. The topological polar surface area (TPSA) is 86.3 Å². The summed E-state index contributed by atoms with van der Waals surface area (Å²) in [5.41, 5.74) is 2.51. The molecular formula is C19H21N5O2S. The molecule has 1 amide bonds. The van der Waals surface area contributed by atoms with Gasteiger partial charge in [0.2, 0.25) is 5.16 Å². The molecule has 0 atom stereocenters. The number of hydrogen-bond donors (Lipinski definition) is 1. The fourth-order valence-corrected chi connectivity index (χ4v) is 3.35. The zero-order chi connectivity index (χ0) is 19.4. The number of nitrogens with two attached hydrogens (primary N) is 1. The Kier molecular flexibility index (Phi) is 5.66. The molecule has 0 fully saturated rings. The van der Waals surface area contributed by atoms with Crippen molar-refractivity contribution in [1.82, 2.24) is 19.8 Å². The number of carbonyl (C=O) groups is 1. The predicted octanol–water partition coefficient (Wildman–Crippen LogP) is 2.66. The molecule has 0 bridgehead atoms. The number of para-hydroxylation sites is 1. The molecule has 1 aromatic heterocycles. The van der Waals surface area contributed by atoms with Gasteiger partial charge in [-0.15, -0.1) is 10.2 Å². The van der Waals surface area contributed by atoms with Gasteiger partial charge >= 0.3 is 0 Å². The van der Waals surface area contributed by atoms with Crippen molar-refractivity contribution in [3.63, 3.8) is 0 Å². The first kappa shape index (κ1) is 18.8. The Morgan fingerprint density at radius 3 is 2.52 bits per heavy atom. The molecular weight excluding hydrogens is 362 g/mol. The largest absolute Gasteiger partial charge is 0.496 e. The van der Waals surface area contributed by atoms with Crippen molar-refractivity contribution in [3.8, 4) is 17.1 Å². The minimum atomic E-state index is -0.0163. The van der Waals surface area contributed by atoms with Gasteiger partial charge in [-0.1, -0.05) is 36.0 Å². The van der Waals surface area contributed by atoms with Crippen molar-refractivity contribution in [2.45, 2.75) is 10.9 Å². The highest BCUT2D eigenvalue weighted by Crippen LogP contribution is 2.30. The first-order valence-electron chi connectivity index (χ1n) is 8.28. The molecule has 0 radical (unpaired) electrons. The Bertz CT molecular complexity index is 938. The minimum absolute atomic E-state index is 0.0163. The maximum atomic E-state index is 11.9. The number of carbonyl (C=O) groups excluding carboxylic acids is 1. The Morgan fingerprint density at radius 2 is 1.85 bits per heavy atom. The van der Waals surface area contributed by atoms with Gasteiger partial charge in [0.15, 0.2) is 5.82 Å². The first-order chi connectivity index (χ1) is 13.0. The van der Waals surface area contributed by atoms with Gasteiger partial charge in [-0.25, -0.2) is 4.68 Å². The third kappa shape index (κ3) is 4.06. The van der Waals surface area contributed by atoms with E-state index in [4.69, 9.17) is 10.6 Å². The van der Waals surface area contributed by atoms with Gasteiger partial charge in [0, 0.05) is 25.4 Å². The van der Waals surface area contributed by atoms with Gasteiger partial charge in [-0.3, -0.25) is 4.79 Å². The zero-order valence-corrected chi connectivity index (χ0v) is 16.2. The molecule has 8 heteroatoms. The van der Waals surface area contributed by atoms with Crippen molar-refractivity contribution in [1.29, 1.82) is 0 Å². The number of nitrogen functional groups attached to an aromatic ring is 1. The Morgan fingerprint density at radius 1 is 1.15 bits per heavy atom. The molecule has 0 saturated heterocycles. The summed E-state index contributed by atoms with van der Waals surface area (Å²) >= 11 is 1.48. The molecule has 0 aliphatic rings. The number of methoxy groups -OCH3 is 1. The molecule has 0 unspecified atom stereocenters. The standard InChI is InChI=1S/C19H21N5O2S/c1-23(2)18(25)14-10-8-13(9-11-14)12-27-19-22-21-17(24(19)20)15-6-4-5-7-16(15)26-3/h4-11H,12,20H2,1-3H3. The van der Waals surface area contributed by atoms with Crippen LogP contribution in [0.4, 0.5) is 0 Å². The fourth-order valence-electron chi connectivity index (χ4n) is 2.54. The molecule has 1 heterocycles. The maximum absolute atomic E-state index is 11.9. The molecule has 3 rings (SSSR count). The number of benzene rings is 2. The van der Waals surface area contributed by atoms with Gasteiger partial charge in [0.25, 0.3) is 5.91 Å². The van der Waals surface area contributed by atoms with Crippen LogP contribution in [-0.4, -0.2) is 46.9 Å². The molecule has 0 aliphatic heterocycles. The van der Waals surface area contributed by atoms with Crippen molar-refractivity contribution in [3.05, 3.63) is 59.7 Å². The van der Waals surface area contributed by atoms with E-state index in [-0.39, 0.29) is 5.91 Å². The van der Waals surface area contributed by atoms with E-state index >= 15 is 0 Å². The number of nitrogens with zero attached hydrogens (tertiary/aromatic N) is 4. The highest BCUT2D eigenvalue weighted by Gasteiger charge is 2.16. The van der Waals surface area contributed by atoms with E-state index < -0.39 is 0 Å². The van der Waals surface area contributed by atoms with Crippen LogP contribution < -0.4 is 10.6 Å². The van der Waals surface area contributed by atoms with E-state index in [2.05, 4.69) is 10.2 Å². The summed E-state index contributed by atoms with van der Waals surface area (Å²) in [7, 11) is 5.08. The number of aromatic nitrogens is 3. The van der Waals surface area contributed by atoms with Crippen LogP contribution in [-0.2, 0) is 5.75 Å². The van der Waals surface area contributed by atoms with E-state index in [1.807, 2.05) is 48.5 Å². The third-order valence-electron chi connectivity index (χ3n) is 3.99. The number of hydrogen-bond acceptors (Lipinski definition) is 6. The van der Waals surface area contributed by atoms with Crippen LogP contribution in [0.2, 0.25) is 0 Å². The van der Waals surface area contributed by atoms with Crippen molar-refractivity contribution >= 4 is 17.7 Å². The highest BCUT2D eigenvalue weighted by atomic mass is 32.2. The Balaban J connectivity index is 1.72. The first-order valence-corrected chi connectivity index (χ1v) is 9.27. The molecule has 3 aromatic rings. The Hall–Kier alpha value is -3.00. The van der Waals surface area contributed by atoms with Gasteiger partial charge in [0.05, 0.1) is 12.7 Å². The van der Waals surface area contributed by atoms with E-state index in [0.717, 1.165) is 11.1 Å². The number of thioether (sulfide) groups is 1. The van der Waals surface area contributed by atoms with Crippen molar-refractivity contribution in [2.75, 3.05) is 27.0 Å². The maximum Gasteiger partial charge on any atom is 0.253 e. The van der Waals surface area contributed by atoms with Crippen LogP contribution in [0.1, 0.15) is 15.9 Å². The lowest BCUT2D eigenvalue weighted by Gasteiger charge is -2.10. The lowest BCUT2D eigenvalue weighted by atomic mass is 10.1. The summed E-state index contributed by atoms with van der Waals surface area (Å²) in [5.74, 6) is 8.07. The monoisotopic (exact) mass is 383 g/mol. The molecule has 7 nitrogen and oxygen atoms in total. The van der Waals surface area contributed by atoms with E-state index in [0.29, 0.717) is 28.0 Å². The highest BCUT2D eigenvalue weighted by molar-refractivity contribution is 7.98. The molecule has 2 N–H and O–H groups in total. The SMILES string of the molecule is COc1ccccc1-c1nnc(SCc2ccc(C(=O)N(C)C)cc2)n1N. The molecule has 27 heavy (non-hydrogen) atoms. The lowest BCUT2D eigenvalue weighted by Crippen LogP contribution is -2.21. The van der Waals surface area contributed by atoms with Gasteiger partial charge in [-0.05, 0) is 29.8 Å². The van der Waals surface area contributed by atoms with Crippen LogP contribution in [0.3, 0.4) is 0 Å². The van der Waals surface area contributed by atoms with Crippen LogP contribution in [0.5, 0.6) is 5.75 Å². The quantitative estimate of drug-likeness (QED) is 0.520.